The summed E-state index contributed by atoms with van der Waals surface area (Å²) in [5.41, 5.74) is 2.20. The van der Waals surface area contributed by atoms with Crippen molar-refractivity contribution in [2.75, 3.05) is 6.54 Å². The van der Waals surface area contributed by atoms with Gasteiger partial charge in [-0.3, -0.25) is 5.10 Å². The Bertz CT molecular complexity index is 654. The van der Waals surface area contributed by atoms with E-state index < -0.39 is 0 Å². The molecule has 2 aliphatic rings. The smallest absolute Gasteiger partial charge is 0.153 e. The van der Waals surface area contributed by atoms with Crippen LogP contribution in [-0.2, 0) is 11.3 Å². The van der Waals surface area contributed by atoms with E-state index >= 15 is 0 Å². The van der Waals surface area contributed by atoms with Crippen LogP contribution in [0.4, 0.5) is 0 Å². The second kappa shape index (κ2) is 6.05. The number of hydrogen-bond donors (Lipinski definition) is 3. The first-order valence-corrected chi connectivity index (χ1v) is 8.49. The average molecular weight is 316 g/mol. The normalized spacial score (nSPS) is 24.4. The second-order valence-corrected chi connectivity index (χ2v) is 6.70. The zero-order chi connectivity index (χ0) is 15.8. The molecule has 0 radical (unpaired) electrons. The number of nitrogens with zero attached hydrogens (tertiary/aromatic N) is 3. The molecule has 4 rings (SSSR count). The number of imidazole rings is 1. The number of hydrogen-bond acceptors (Lipinski definition) is 5. The zero-order valence-electron chi connectivity index (χ0n) is 13.7. The number of aromatic amines is 2. The minimum absolute atomic E-state index is 0.0647. The largest absolute Gasteiger partial charge is 0.366 e. The molecule has 7 heteroatoms. The summed E-state index contributed by atoms with van der Waals surface area (Å²) in [4.78, 5) is 12.4. The van der Waals surface area contributed by atoms with Crippen molar-refractivity contribution in [3.63, 3.8) is 0 Å². The highest BCUT2D eigenvalue weighted by Gasteiger charge is 2.32. The first kappa shape index (κ1) is 14.8. The third kappa shape index (κ3) is 3.30. The van der Waals surface area contributed by atoms with E-state index in [0.29, 0.717) is 5.92 Å². The molecule has 1 saturated carbocycles. The Kier molecular flexibility index (Phi) is 3.90. The van der Waals surface area contributed by atoms with Crippen molar-refractivity contribution in [2.24, 2.45) is 0 Å². The topological polar surface area (TPSA) is 91.5 Å². The summed E-state index contributed by atoms with van der Waals surface area (Å²) in [5.74, 6) is 3.43. The quantitative estimate of drug-likeness (QED) is 0.758. The van der Waals surface area contributed by atoms with Gasteiger partial charge in [-0.15, -0.1) is 0 Å². The number of ether oxygens (including phenoxy) is 1. The van der Waals surface area contributed by atoms with E-state index in [1.807, 2.05) is 13.8 Å². The fourth-order valence-corrected chi connectivity index (χ4v) is 3.07. The standard InChI is InChI=1S/C16H24N6O/c1-9-10(2)19-14(18-9)8-17-7-12-5-6-13(23-12)16-20-15(21-22-16)11-3-4-11/h11-13,17H,3-8H2,1-2H3,(H,18,19)(H,20,21,22)/t12-,13+/m1/s1. The summed E-state index contributed by atoms with van der Waals surface area (Å²) in [5, 5.41) is 10.8. The third-order valence-electron chi connectivity index (χ3n) is 4.72. The molecule has 0 amide bonds. The Labute approximate surface area is 135 Å². The molecule has 7 nitrogen and oxygen atoms in total. The lowest BCUT2D eigenvalue weighted by Gasteiger charge is -2.12. The van der Waals surface area contributed by atoms with Gasteiger partial charge in [-0.25, -0.2) is 9.97 Å². The minimum Gasteiger partial charge on any atom is -0.366 e. The molecule has 3 heterocycles. The molecule has 1 aliphatic heterocycles. The van der Waals surface area contributed by atoms with Crippen LogP contribution in [0.25, 0.3) is 0 Å². The lowest BCUT2D eigenvalue weighted by atomic mass is 10.2. The first-order chi connectivity index (χ1) is 11.2. The summed E-state index contributed by atoms with van der Waals surface area (Å²) >= 11 is 0. The molecular formula is C16H24N6O. The van der Waals surface area contributed by atoms with Crippen molar-refractivity contribution in [2.45, 2.75) is 64.2 Å². The van der Waals surface area contributed by atoms with E-state index in [2.05, 4.69) is 30.5 Å². The Balaban J connectivity index is 1.25. The van der Waals surface area contributed by atoms with E-state index in [1.54, 1.807) is 0 Å². The Morgan fingerprint density at radius 2 is 2.04 bits per heavy atom. The van der Waals surface area contributed by atoms with Crippen LogP contribution in [0.15, 0.2) is 0 Å². The van der Waals surface area contributed by atoms with Gasteiger partial charge in [0.1, 0.15) is 11.9 Å². The summed E-state index contributed by atoms with van der Waals surface area (Å²) in [6, 6.07) is 0. The molecule has 1 saturated heterocycles. The number of nitrogens with one attached hydrogen (secondary N) is 3. The Morgan fingerprint density at radius 1 is 1.17 bits per heavy atom. The van der Waals surface area contributed by atoms with Crippen LogP contribution in [-0.4, -0.2) is 37.8 Å². The van der Waals surface area contributed by atoms with Gasteiger partial charge in [0.05, 0.1) is 18.3 Å². The summed E-state index contributed by atoms with van der Waals surface area (Å²) in [7, 11) is 0. The maximum absolute atomic E-state index is 6.10. The highest BCUT2D eigenvalue weighted by atomic mass is 16.5. The molecule has 2 fully saturated rings. The average Bonchev–Trinajstić information content (AvgIpc) is 2.95. The Morgan fingerprint density at radius 3 is 2.78 bits per heavy atom. The van der Waals surface area contributed by atoms with E-state index in [9.17, 15) is 0 Å². The van der Waals surface area contributed by atoms with Gasteiger partial charge in [0, 0.05) is 18.2 Å². The van der Waals surface area contributed by atoms with E-state index in [1.165, 1.54) is 12.8 Å². The summed E-state index contributed by atoms with van der Waals surface area (Å²) in [6.45, 7) is 5.64. The van der Waals surface area contributed by atoms with Gasteiger partial charge >= 0.3 is 0 Å². The monoisotopic (exact) mass is 316 g/mol. The lowest BCUT2D eigenvalue weighted by Crippen LogP contribution is -2.26. The molecule has 2 atom stereocenters. The SMILES string of the molecule is Cc1nc(CNC[C@H]2CC[C@@H](c3nc(C4CC4)n[nH]3)O2)[nH]c1C. The Hall–Kier alpha value is -1.73. The third-order valence-corrected chi connectivity index (χ3v) is 4.72. The molecule has 0 unspecified atom stereocenters. The molecule has 23 heavy (non-hydrogen) atoms. The summed E-state index contributed by atoms with van der Waals surface area (Å²) in [6.07, 6.45) is 4.79. The predicted octanol–water partition coefficient (Wildman–Crippen LogP) is 2.03. The maximum Gasteiger partial charge on any atom is 0.153 e. The van der Waals surface area contributed by atoms with Crippen molar-refractivity contribution in [3.05, 3.63) is 28.9 Å². The molecule has 2 aromatic heterocycles. The van der Waals surface area contributed by atoms with Crippen molar-refractivity contribution in [1.82, 2.24) is 30.5 Å². The molecule has 124 valence electrons. The van der Waals surface area contributed by atoms with Gasteiger partial charge in [0.25, 0.3) is 0 Å². The van der Waals surface area contributed by atoms with E-state index in [0.717, 1.165) is 54.8 Å². The van der Waals surface area contributed by atoms with Crippen LogP contribution < -0.4 is 5.32 Å². The number of aryl methyl sites for hydroxylation is 2. The second-order valence-electron chi connectivity index (χ2n) is 6.70. The number of aromatic nitrogens is 5. The molecule has 2 aromatic rings. The zero-order valence-corrected chi connectivity index (χ0v) is 13.7. The van der Waals surface area contributed by atoms with Gasteiger partial charge in [-0.05, 0) is 39.5 Å². The van der Waals surface area contributed by atoms with Crippen LogP contribution in [0.5, 0.6) is 0 Å². The lowest BCUT2D eigenvalue weighted by molar-refractivity contribution is 0.0400. The van der Waals surface area contributed by atoms with Crippen molar-refractivity contribution < 1.29 is 4.74 Å². The maximum atomic E-state index is 6.10. The molecule has 0 aromatic carbocycles. The first-order valence-electron chi connectivity index (χ1n) is 8.49. The van der Waals surface area contributed by atoms with E-state index in [4.69, 9.17) is 4.74 Å². The van der Waals surface area contributed by atoms with Gasteiger partial charge < -0.3 is 15.0 Å². The van der Waals surface area contributed by atoms with Crippen LogP contribution in [0.2, 0.25) is 0 Å². The van der Waals surface area contributed by atoms with Crippen LogP contribution in [0.1, 0.15) is 66.6 Å². The van der Waals surface area contributed by atoms with Crippen LogP contribution >= 0.6 is 0 Å². The molecule has 0 bridgehead atoms. The fourth-order valence-electron chi connectivity index (χ4n) is 3.07. The van der Waals surface area contributed by atoms with Gasteiger partial charge in [0.15, 0.2) is 11.6 Å². The van der Waals surface area contributed by atoms with Crippen LogP contribution in [0.3, 0.4) is 0 Å². The molecule has 3 N–H and O–H groups in total. The van der Waals surface area contributed by atoms with Gasteiger partial charge in [-0.2, -0.15) is 5.10 Å². The fraction of sp³-hybridized carbons (Fsp3) is 0.688. The van der Waals surface area contributed by atoms with Crippen molar-refractivity contribution >= 4 is 0 Å². The van der Waals surface area contributed by atoms with Gasteiger partial charge in [-0.1, -0.05) is 0 Å². The predicted molar refractivity (Wildman–Crippen MR) is 85.0 cm³/mol. The highest BCUT2D eigenvalue weighted by molar-refractivity contribution is 5.10. The number of rotatable bonds is 6. The summed E-state index contributed by atoms with van der Waals surface area (Å²) < 4.78 is 6.10. The van der Waals surface area contributed by atoms with Gasteiger partial charge in [0.2, 0.25) is 0 Å². The van der Waals surface area contributed by atoms with Crippen molar-refractivity contribution in [3.8, 4) is 0 Å². The van der Waals surface area contributed by atoms with E-state index in [-0.39, 0.29) is 12.2 Å². The number of H-pyrrole nitrogens is 2. The highest BCUT2D eigenvalue weighted by Crippen LogP contribution is 2.39. The molecular weight excluding hydrogens is 292 g/mol. The van der Waals surface area contributed by atoms with Crippen molar-refractivity contribution in [1.29, 1.82) is 0 Å². The molecule has 1 aliphatic carbocycles. The van der Waals surface area contributed by atoms with Crippen LogP contribution in [0, 0.1) is 13.8 Å². The molecule has 0 spiro atoms. The minimum atomic E-state index is 0.0647.